The molecule has 0 bridgehead atoms. The predicted molar refractivity (Wildman–Crippen MR) is 70.2 cm³/mol. The Bertz CT molecular complexity index is 430. The highest BCUT2D eigenvalue weighted by Crippen LogP contribution is 2.16. The average molecular weight is 255 g/mol. The molecule has 4 heteroatoms. The van der Waals surface area contributed by atoms with Crippen LogP contribution in [0.15, 0.2) is 35.2 Å². The van der Waals surface area contributed by atoms with E-state index in [0.29, 0.717) is 4.90 Å². The van der Waals surface area contributed by atoms with Gasteiger partial charge in [-0.1, -0.05) is 45.9 Å². The van der Waals surface area contributed by atoms with Crippen molar-refractivity contribution in [2.45, 2.75) is 38.6 Å². The summed E-state index contributed by atoms with van der Waals surface area (Å²) >= 11 is 0. The van der Waals surface area contributed by atoms with Gasteiger partial charge in [-0.25, -0.2) is 13.1 Å². The molecule has 0 saturated carbocycles. The first-order valence-electron chi connectivity index (χ1n) is 5.92. The zero-order chi connectivity index (χ0) is 13.1. The second kappa shape index (κ2) is 5.65. The van der Waals surface area contributed by atoms with Gasteiger partial charge in [0.1, 0.15) is 0 Å². The number of nitrogens with one attached hydrogen (secondary N) is 1. The Hall–Kier alpha value is -0.870. The molecule has 0 aliphatic carbocycles. The van der Waals surface area contributed by atoms with Gasteiger partial charge >= 0.3 is 0 Å². The fourth-order valence-corrected chi connectivity index (χ4v) is 3.44. The number of sulfonamides is 1. The van der Waals surface area contributed by atoms with Crippen molar-refractivity contribution in [3.63, 3.8) is 0 Å². The Balaban J connectivity index is 2.94. The van der Waals surface area contributed by atoms with Crippen LogP contribution in [0, 0.1) is 11.8 Å². The van der Waals surface area contributed by atoms with E-state index in [4.69, 9.17) is 0 Å². The van der Waals surface area contributed by atoms with Crippen molar-refractivity contribution in [2.24, 2.45) is 11.8 Å². The first-order chi connectivity index (χ1) is 7.84. The van der Waals surface area contributed by atoms with Crippen LogP contribution in [0.4, 0.5) is 0 Å². The monoisotopic (exact) mass is 255 g/mol. The summed E-state index contributed by atoms with van der Waals surface area (Å²) in [5, 5.41) is 0. The molecule has 96 valence electrons. The van der Waals surface area contributed by atoms with Crippen molar-refractivity contribution in [1.29, 1.82) is 0 Å². The fourth-order valence-electron chi connectivity index (χ4n) is 1.89. The van der Waals surface area contributed by atoms with Crippen molar-refractivity contribution in [2.75, 3.05) is 0 Å². The molecule has 17 heavy (non-hydrogen) atoms. The maximum Gasteiger partial charge on any atom is 0.240 e. The van der Waals surface area contributed by atoms with Crippen LogP contribution < -0.4 is 4.72 Å². The molecule has 1 rings (SSSR count). The summed E-state index contributed by atoms with van der Waals surface area (Å²) in [6.45, 7) is 8.10. The molecule has 0 unspecified atom stereocenters. The Kier molecular flexibility index (Phi) is 4.71. The third-order valence-electron chi connectivity index (χ3n) is 2.78. The molecule has 0 aliphatic heterocycles. The number of benzene rings is 1. The molecule has 0 aromatic heterocycles. The highest BCUT2D eigenvalue weighted by Gasteiger charge is 2.24. The molecule has 0 atom stereocenters. The van der Waals surface area contributed by atoms with Crippen LogP contribution in [0.3, 0.4) is 0 Å². The van der Waals surface area contributed by atoms with Gasteiger partial charge in [-0.05, 0) is 24.0 Å². The molecule has 0 fully saturated rings. The van der Waals surface area contributed by atoms with E-state index in [1.54, 1.807) is 30.3 Å². The van der Waals surface area contributed by atoms with Gasteiger partial charge < -0.3 is 0 Å². The molecule has 1 aromatic carbocycles. The molecule has 0 heterocycles. The van der Waals surface area contributed by atoms with Gasteiger partial charge in [0, 0.05) is 6.04 Å². The Labute approximate surface area is 104 Å². The van der Waals surface area contributed by atoms with Crippen molar-refractivity contribution in [1.82, 2.24) is 4.72 Å². The lowest BCUT2D eigenvalue weighted by atomic mass is 9.94. The fraction of sp³-hybridized carbons (Fsp3) is 0.538. The highest BCUT2D eigenvalue weighted by atomic mass is 32.2. The highest BCUT2D eigenvalue weighted by molar-refractivity contribution is 7.89. The molecular weight excluding hydrogens is 234 g/mol. The molecule has 0 amide bonds. The lowest BCUT2D eigenvalue weighted by Gasteiger charge is -2.25. The zero-order valence-electron chi connectivity index (χ0n) is 10.8. The minimum absolute atomic E-state index is 0.0415. The summed E-state index contributed by atoms with van der Waals surface area (Å²) in [5.41, 5.74) is 0. The van der Waals surface area contributed by atoms with Crippen molar-refractivity contribution in [3.8, 4) is 0 Å². The number of rotatable bonds is 5. The third-order valence-corrected chi connectivity index (χ3v) is 4.26. The van der Waals surface area contributed by atoms with Gasteiger partial charge in [0.05, 0.1) is 4.90 Å². The molecule has 1 aromatic rings. The summed E-state index contributed by atoms with van der Waals surface area (Å²) < 4.78 is 27.1. The van der Waals surface area contributed by atoms with Crippen LogP contribution in [-0.4, -0.2) is 14.5 Å². The maximum atomic E-state index is 12.1. The first kappa shape index (κ1) is 14.2. The Morgan fingerprint density at radius 3 is 1.82 bits per heavy atom. The van der Waals surface area contributed by atoms with Crippen LogP contribution in [0.1, 0.15) is 27.7 Å². The number of hydrogen-bond donors (Lipinski definition) is 1. The molecule has 0 aliphatic rings. The lowest BCUT2D eigenvalue weighted by Crippen LogP contribution is -2.42. The maximum absolute atomic E-state index is 12.1. The van der Waals surface area contributed by atoms with Crippen LogP contribution in [0.25, 0.3) is 0 Å². The van der Waals surface area contributed by atoms with Crippen molar-refractivity contribution >= 4 is 10.0 Å². The summed E-state index contributed by atoms with van der Waals surface area (Å²) in [4.78, 5) is 0.325. The molecule has 1 N–H and O–H groups in total. The first-order valence-corrected chi connectivity index (χ1v) is 7.40. The normalized spacial score (nSPS) is 12.6. The molecule has 0 radical (unpaired) electrons. The second-order valence-corrected chi connectivity index (χ2v) is 6.66. The van der Waals surface area contributed by atoms with Gasteiger partial charge in [-0.3, -0.25) is 0 Å². The van der Waals surface area contributed by atoms with Crippen molar-refractivity contribution in [3.05, 3.63) is 30.3 Å². The zero-order valence-corrected chi connectivity index (χ0v) is 11.7. The molecular formula is C13H21NO2S. The van der Waals surface area contributed by atoms with Gasteiger partial charge in [0.25, 0.3) is 0 Å². The topological polar surface area (TPSA) is 46.2 Å². The number of hydrogen-bond acceptors (Lipinski definition) is 2. The summed E-state index contributed by atoms with van der Waals surface area (Å²) in [7, 11) is -3.40. The van der Waals surface area contributed by atoms with E-state index in [1.165, 1.54) is 0 Å². The van der Waals surface area contributed by atoms with Crippen LogP contribution in [0.2, 0.25) is 0 Å². The van der Waals surface area contributed by atoms with Crippen LogP contribution >= 0.6 is 0 Å². The Morgan fingerprint density at radius 2 is 1.41 bits per heavy atom. The van der Waals surface area contributed by atoms with E-state index < -0.39 is 10.0 Å². The smallest absolute Gasteiger partial charge is 0.208 e. The third kappa shape index (κ3) is 3.82. The van der Waals surface area contributed by atoms with Gasteiger partial charge in [-0.2, -0.15) is 0 Å². The molecule has 3 nitrogen and oxygen atoms in total. The second-order valence-electron chi connectivity index (χ2n) is 4.95. The van der Waals surface area contributed by atoms with E-state index in [2.05, 4.69) is 4.72 Å². The van der Waals surface area contributed by atoms with E-state index in [9.17, 15) is 8.42 Å². The lowest BCUT2D eigenvalue weighted by molar-refractivity contribution is 0.355. The van der Waals surface area contributed by atoms with E-state index >= 15 is 0 Å². The summed E-state index contributed by atoms with van der Waals surface area (Å²) in [5.74, 6) is 0.543. The van der Waals surface area contributed by atoms with Gasteiger partial charge in [0.15, 0.2) is 0 Å². The van der Waals surface area contributed by atoms with Gasteiger partial charge in [-0.15, -0.1) is 0 Å². The molecule has 0 spiro atoms. The van der Waals surface area contributed by atoms with E-state index in [0.717, 1.165) is 0 Å². The standard InChI is InChI=1S/C13H21NO2S/c1-10(2)13(11(3)4)14-17(15,16)12-8-6-5-7-9-12/h5-11,13-14H,1-4H3. The predicted octanol–water partition coefficient (Wildman–Crippen LogP) is 2.65. The minimum atomic E-state index is -3.40. The largest absolute Gasteiger partial charge is 0.240 e. The van der Waals surface area contributed by atoms with Gasteiger partial charge in [0.2, 0.25) is 10.0 Å². The Morgan fingerprint density at radius 1 is 0.941 bits per heavy atom. The minimum Gasteiger partial charge on any atom is -0.208 e. The molecule has 0 saturated heterocycles. The SMILES string of the molecule is CC(C)C(NS(=O)(=O)c1ccccc1)C(C)C. The average Bonchev–Trinajstić information content (AvgIpc) is 2.26. The van der Waals surface area contributed by atoms with Crippen LogP contribution in [-0.2, 0) is 10.0 Å². The quantitative estimate of drug-likeness (QED) is 0.879. The van der Waals surface area contributed by atoms with Crippen molar-refractivity contribution < 1.29 is 8.42 Å². The van der Waals surface area contributed by atoms with E-state index in [-0.39, 0.29) is 17.9 Å². The van der Waals surface area contributed by atoms with E-state index in [1.807, 2.05) is 27.7 Å². The summed E-state index contributed by atoms with van der Waals surface area (Å²) in [6.07, 6.45) is 0. The summed E-state index contributed by atoms with van der Waals surface area (Å²) in [6, 6.07) is 8.45. The van der Waals surface area contributed by atoms with Crippen LogP contribution in [0.5, 0.6) is 0 Å².